The van der Waals surface area contributed by atoms with Crippen LogP contribution < -0.4 is 4.72 Å². The molecule has 0 saturated carbocycles. The zero-order valence-electron chi connectivity index (χ0n) is 10.9. The minimum Gasteiger partial charge on any atom is -0.375 e. The van der Waals surface area contributed by atoms with Crippen LogP contribution in [-0.4, -0.2) is 36.9 Å². The fourth-order valence-electron chi connectivity index (χ4n) is 2.23. The summed E-state index contributed by atoms with van der Waals surface area (Å²) in [4.78, 5) is 0.215. The van der Waals surface area contributed by atoms with E-state index in [1.54, 1.807) is 6.92 Å². The summed E-state index contributed by atoms with van der Waals surface area (Å²) in [7, 11) is -3.50. The number of rotatable bonds is 3. The second kappa shape index (κ2) is 4.64. The molecule has 6 nitrogen and oxygen atoms in total. The largest absolute Gasteiger partial charge is 0.375 e. The molecule has 0 radical (unpaired) electrons. The van der Waals surface area contributed by atoms with Gasteiger partial charge in [0, 0.05) is 12.6 Å². The summed E-state index contributed by atoms with van der Waals surface area (Å²) in [5.41, 5.74) is 0.269. The van der Waals surface area contributed by atoms with E-state index in [1.807, 2.05) is 13.8 Å². The van der Waals surface area contributed by atoms with E-state index in [2.05, 4.69) is 14.9 Å². The highest BCUT2D eigenvalue weighted by atomic mass is 32.2. The normalized spacial score (nSPS) is 24.1. The third kappa shape index (κ3) is 2.90. The zero-order valence-corrected chi connectivity index (χ0v) is 11.7. The fraction of sp³-hybridized carbons (Fsp3) is 0.727. The van der Waals surface area contributed by atoms with Crippen molar-refractivity contribution in [1.29, 1.82) is 0 Å². The average Bonchev–Trinajstić information content (AvgIpc) is 2.62. The number of nitrogens with one attached hydrogen (secondary N) is 2. The van der Waals surface area contributed by atoms with Crippen LogP contribution in [0.4, 0.5) is 0 Å². The van der Waals surface area contributed by atoms with Gasteiger partial charge in [-0.3, -0.25) is 5.10 Å². The summed E-state index contributed by atoms with van der Waals surface area (Å²) >= 11 is 0. The van der Waals surface area contributed by atoms with Gasteiger partial charge in [0.25, 0.3) is 0 Å². The van der Waals surface area contributed by atoms with Crippen LogP contribution in [0.25, 0.3) is 0 Å². The maximum atomic E-state index is 12.2. The molecule has 0 bridgehead atoms. The van der Waals surface area contributed by atoms with Crippen molar-refractivity contribution in [1.82, 2.24) is 14.9 Å². The molecular formula is C11H19N3O3S. The van der Waals surface area contributed by atoms with Crippen LogP contribution in [0.1, 0.15) is 32.4 Å². The first-order valence-corrected chi connectivity index (χ1v) is 7.45. The Morgan fingerprint density at radius 1 is 1.56 bits per heavy atom. The molecule has 1 aliphatic rings. The van der Waals surface area contributed by atoms with Gasteiger partial charge in [-0.25, -0.2) is 13.1 Å². The Bertz CT molecular complexity index is 521. The molecule has 1 atom stereocenters. The first-order valence-electron chi connectivity index (χ1n) is 5.96. The topological polar surface area (TPSA) is 84.1 Å². The third-order valence-electron chi connectivity index (χ3n) is 3.09. The molecule has 0 spiro atoms. The molecule has 0 aliphatic carbocycles. The standard InChI is InChI=1S/C11H19N3O3S/c1-8-10(7-12-13-8)18(15,16)14-9-4-5-17-11(2,3)6-9/h7,9,14H,4-6H2,1-3H3,(H,12,13). The van der Waals surface area contributed by atoms with Crippen molar-refractivity contribution in [3.63, 3.8) is 0 Å². The van der Waals surface area contributed by atoms with E-state index in [0.29, 0.717) is 25.1 Å². The van der Waals surface area contributed by atoms with E-state index < -0.39 is 10.0 Å². The van der Waals surface area contributed by atoms with E-state index >= 15 is 0 Å². The molecule has 18 heavy (non-hydrogen) atoms. The number of sulfonamides is 1. The molecule has 2 heterocycles. The zero-order chi connectivity index (χ0) is 13.4. The number of aromatic amines is 1. The predicted molar refractivity (Wildman–Crippen MR) is 66.7 cm³/mol. The van der Waals surface area contributed by atoms with E-state index in [0.717, 1.165) is 0 Å². The van der Waals surface area contributed by atoms with Crippen LogP contribution in [-0.2, 0) is 14.8 Å². The quantitative estimate of drug-likeness (QED) is 0.859. The highest BCUT2D eigenvalue weighted by Crippen LogP contribution is 2.25. The third-order valence-corrected chi connectivity index (χ3v) is 4.73. The SMILES string of the molecule is Cc1[nH]ncc1S(=O)(=O)NC1CCOC(C)(C)C1. The second-order valence-corrected chi connectivity index (χ2v) is 6.96. The smallest absolute Gasteiger partial charge is 0.244 e. The maximum Gasteiger partial charge on any atom is 0.244 e. The monoisotopic (exact) mass is 273 g/mol. The first-order chi connectivity index (χ1) is 8.30. The van der Waals surface area contributed by atoms with Crippen LogP contribution in [0.3, 0.4) is 0 Å². The number of ether oxygens (including phenoxy) is 1. The average molecular weight is 273 g/mol. The maximum absolute atomic E-state index is 12.2. The van der Waals surface area contributed by atoms with Crippen molar-refractivity contribution in [3.8, 4) is 0 Å². The Morgan fingerprint density at radius 3 is 2.83 bits per heavy atom. The highest BCUT2D eigenvalue weighted by Gasteiger charge is 2.32. The molecule has 0 amide bonds. The highest BCUT2D eigenvalue weighted by molar-refractivity contribution is 7.89. The number of H-pyrrole nitrogens is 1. The van der Waals surface area contributed by atoms with Crippen molar-refractivity contribution < 1.29 is 13.2 Å². The Kier molecular flexibility index (Phi) is 3.48. The van der Waals surface area contributed by atoms with Gasteiger partial charge < -0.3 is 4.74 Å². The molecule has 1 saturated heterocycles. The molecule has 1 aromatic rings. The number of aryl methyl sites for hydroxylation is 1. The van der Waals surface area contributed by atoms with Crippen molar-refractivity contribution in [3.05, 3.63) is 11.9 Å². The number of aromatic nitrogens is 2. The Labute approximate surface area is 107 Å². The molecule has 2 rings (SSSR count). The van der Waals surface area contributed by atoms with E-state index in [4.69, 9.17) is 4.74 Å². The Hall–Kier alpha value is -0.920. The summed E-state index contributed by atoms with van der Waals surface area (Å²) in [6, 6.07) is -0.0898. The molecule has 0 aromatic carbocycles. The number of nitrogens with zero attached hydrogens (tertiary/aromatic N) is 1. The number of hydrogen-bond acceptors (Lipinski definition) is 4. The summed E-state index contributed by atoms with van der Waals surface area (Å²) < 4.78 is 32.7. The van der Waals surface area contributed by atoms with Crippen LogP contribution in [0, 0.1) is 6.92 Å². The molecule has 1 aliphatic heterocycles. The van der Waals surface area contributed by atoms with Gasteiger partial charge in [-0.1, -0.05) is 0 Å². The molecule has 7 heteroatoms. The van der Waals surface area contributed by atoms with Crippen molar-refractivity contribution in [2.45, 2.75) is 50.2 Å². The Balaban J connectivity index is 2.12. The minimum atomic E-state index is -3.50. The fourth-order valence-corrected chi connectivity index (χ4v) is 3.63. The number of hydrogen-bond donors (Lipinski definition) is 2. The van der Waals surface area contributed by atoms with Crippen LogP contribution in [0.5, 0.6) is 0 Å². The van der Waals surface area contributed by atoms with Crippen LogP contribution >= 0.6 is 0 Å². The van der Waals surface area contributed by atoms with E-state index in [9.17, 15) is 8.42 Å². The molecule has 1 aromatic heterocycles. The second-order valence-electron chi connectivity index (χ2n) is 5.28. The van der Waals surface area contributed by atoms with Crippen molar-refractivity contribution in [2.24, 2.45) is 0 Å². The van der Waals surface area contributed by atoms with Gasteiger partial charge in [0.05, 0.1) is 17.5 Å². The van der Waals surface area contributed by atoms with E-state index in [-0.39, 0.29) is 16.5 Å². The van der Waals surface area contributed by atoms with Crippen molar-refractivity contribution in [2.75, 3.05) is 6.61 Å². The molecular weight excluding hydrogens is 254 g/mol. The molecule has 1 unspecified atom stereocenters. The summed E-state index contributed by atoms with van der Waals surface area (Å²) in [6.07, 6.45) is 2.70. The lowest BCUT2D eigenvalue weighted by Gasteiger charge is -2.35. The lowest BCUT2D eigenvalue weighted by molar-refractivity contribution is -0.0599. The Morgan fingerprint density at radius 2 is 2.28 bits per heavy atom. The van der Waals surface area contributed by atoms with Gasteiger partial charge in [-0.15, -0.1) is 0 Å². The molecule has 102 valence electrons. The first kappa shape index (κ1) is 13.5. The van der Waals surface area contributed by atoms with Crippen LogP contribution in [0.2, 0.25) is 0 Å². The lowest BCUT2D eigenvalue weighted by atomic mass is 9.95. The summed E-state index contributed by atoms with van der Waals surface area (Å²) in [5, 5.41) is 6.38. The summed E-state index contributed by atoms with van der Waals surface area (Å²) in [5.74, 6) is 0. The lowest BCUT2D eigenvalue weighted by Crippen LogP contribution is -2.45. The van der Waals surface area contributed by atoms with Crippen molar-refractivity contribution >= 4 is 10.0 Å². The van der Waals surface area contributed by atoms with Gasteiger partial charge in [-0.2, -0.15) is 5.10 Å². The van der Waals surface area contributed by atoms with E-state index in [1.165, 1.54) is 6.20 Å². The minimum absolute atomic E-state index is 0.0898. The van der Waals surface area contributed by atoms with Gasteiger partial charge >= 0.3 is 0 Å². The van der Waals surface area contributed by atoms with Crippen LogP contribution in [0.15, 0.2) is 11.1 Å². The van der Waals surface area contributed by atoms with Gasteiger partial charge in [0.15, 0.2) is 0 Å². The van der Waals surface area contributed by atoms with Gasteiger partial charge in [-0.05, 0) is 33.6 Å². The van der Waals surface area contributed by atoms with Gasteiger partial charge in [0.1, 0.15) is 4.90 Å². The summed E-state index contributed by atoms with van der Waals surface area (Å²) in [6.45, 7) is 6.20. The van der Waals surface area contributed by atoms with Gasteiger partial charge in [0.2, 0.25) is 10.0 Å². The molecule has 2 N–H and O–H groups in total. The molecule has 1 fully saturated rings. The predicted octanol–water partition coefficient (Wildman–Crippen LogP) is 0.954.